The van der Waals surface area contributed by atoms with Crippen molar-refractivity contribution in [3.05, 3.63) is 11.4 Å². The highest BCUT2D eigenvalue weighted by Gasteiger charge is 2.18. The molecule has 0 saturated carbocycles. The van der Waals surface area contributed by atoms with Crippen molar-refractivity contribution in [3.63, 3.8) is 0 Å². The van der Waals surface area contributed by atoms with Crippen LogP contribution in [0.3, 0.4) is 0 Å². The second kappa shape index (κ2) is 6.08. The number of hydrogen-bond acceptors (Lipinski definition) is 4. The normalized spacial score (nSPS) is 17.6. The molecule has 1 heterocycles. The summed E-state index contributed by atoms with van der Waals surface area (Å²) in [4.78, 5) is 13.4. The maximum Gasteiger partial charge on any atom is 0.238 e. The van der Waals surface area contributed by atoms with E-state index < -0.39 is 0 Å². The molecule has 1 rings (SSSR count). The van der Waals surface area contributed by atoms with Crippen LogP contribution in [0.25, 0.3) is 0 Å². The standard InChI is InChI=1S/C10H14N4OS/c1-14-4-2-3-9(14)8(13-7-16)5-10(15)12-6-11/h7H,2-5H2,1H3,(H,12,15)(H,13,16)/b9-8-. The fraction of sp³-hybridized carbons (Fsp3) is 0.500. The highest BCUT2D eigenvalue weighted by Crippen LogP contribution is 2.22. The van der Waals surface area contributed by atoms with Crippen LogP contribution in [0.5, 0.6) is 0 Å². The van der Waals surface area contributed by atoms with Gasteiger partial charge in [-0.2, -0.15) is 5.26 Å². The summed E-state index contributed by atoms with van der Waals surface area (Å²) in [5, 5.41) is 13.3. The summed E-state index contributed by atoms with van der Waals surface area (Å²) in [6, 6.07) is 0. The lowest BCUT2D eigenvalue weighted by Gasteiger charge is -2.17. The summed E-state index contributed by atoms with van der Waals surface area (Å²) in [5.41, 5.74) is 3.26. The molecule has 0 aromatic carbocycles. The Morgan fingerprint density at radius 2 is 2.50 bits per heavy atom. The number of nitriles is 1. The van der Waals surface area contributed by atoms with Crippen LogP contribution >= 0.6 is 12.2 Å². The Labute approximate surface area is 100 Å². The SMILES string of the molecule is CN1CCC/C1=C(\CC(=O)NC#N)NC=S. The molecule has 0 bridgehead atoms. The molecule has 16 heavy (non-hydrogen) atoms. The minimum absolute atomic E-state index is 0.153. The van der Waals surface area contributed by atoms with Crippen molar-refractivity contribution >= 4 is 23.6 Å². The number of nitrogens with one attached hydrogen (secondary N) is 2. The highest BCUT2D eigenvalue weighted by molar-refractivity contribution is 7.78. The fourth-order valence-corrected chi connectivity index (χ4v) is 1.91. The van der Waals surface area contributed by atoms with E-state index in [2.05, 4.69) is 15.5 Å². The minimum atomic E-state index is -0.324. The molecule has 1 fully saturated rings. The first-order valence-corrected chi connectivity index (χ1v) is 5.47. The van der Waals surface area contributed by atoms with Crippen LogP contribution in [0.1, 0.15) is 19.3 Å². The average molecular weight is 238 g/mol. The number of amides is 1. The second-order valence-corrected chi connectivity index (χ2v) is 3.79. The van der Waals surface area contributed by atoms with Crippen molar-refractivity contribution in [1.82, 2.24) is 15.5 Å². The Bertz CT molecular complexity index is 358. The van der Waals surface area contributed by atoms with Gasteiger partial charge in [-0.3, -0.25) is 10.1 Å². The van der Waals surface area contributed by atoms with Crippen LogP contribution in [-0.4, -0.2) is 29.9 Å². The maximum absolute atomic E-state index is 11.3. The van der Waals surface area contributed by atoms with Gasteiger partial charge in [0.2, 0.25) is 5.91 Å². The number of hydrogen-bond donors (Lipinski definition) is 2. The van der Waals surface area contributed by atoms with E-state index in [1.54, 1.807) is 6.19 Å². The molecule has 1 aliphatic rings. The van der Waals surface area contributed by atoms with E-state index in [1.807, 2.05) is 7.05 Å². The van der Waals surface area contributed by atoms with E-state index in [0.717, 1.165) is 30.8 Å². The molecule has 1 aliphatic heterocycles. The molecule has 0 aromatic heterocycles. The number of thiocarbonyl (C=S) groups is 1. The van der Waals surface area contributed by atoms with Crippen LogP contribution < -0.4 is 10.6 Å². The fourth-order valence-electron chi connectivity index (χ4n) is 1.77. The number of likely N-dealkylation sites (tertiary alicyclic amines) is 1. The molecule has 2 N–H and O–H groups in total. The Balaban J connectivity index is 2.78. The summed E-state index contributed by atoms with van der Waals surface area (Å²) < 4.78 is 0. The predicted octanol–water partition coefficient (Wildman–Crippen LogP) is 0.458. The molecule has 0 atom stereocenters. The molecule has 0 unspecified atom stereocenters. The zero-order chi connectivity index (χ0) is 12.0. The Hall–Kier alpha value is -1.61. The second-order valence-electron chi connectivity index (χ2n) is 3.55. The zero-order valence-electron chi connectivity index (χ0n) is 9.12. The van der Waals surface area contributed by atoms with Crippen molar-refractivity contribution in [2.24, 2.45) is 0 Å². The minimum Gasteiger partial charge on any atom is -0.376 e. The highest BCUT2D eigenvalue weighted by atomic mass is 32.1. The van der Waals surface area contributed by atoms with Crippen molar-refractivity contribution in [2.45, 2.75) is 19.3 Å². The van der Waals surface area contributed by atoms with Gasteiger partial charge >= 0.3 is 0 Å². The monoisotopic (exact) mass is 238 g/mol. The van der Waals surface area contributed by atoms with Crippen molar-refractivity contribution in [2.75, 3.05) is 13.6 Å². The van der Waals surface area contributed by atoms with Crippen LogP contribution in [-0.2, 0) is 4.79 Å². The molecule has 5 nitrogen and oxygen atoms in total. The molecule has 6 heteroatoms. The summed E-state index contributed by atoms with van der Waals surface area (Å²) in [5.74, 6) is -0.324. The van der Waals surface area contributed by atoms with Gasteiger partial charge in [0.05, 0.1) is 11.9 Å². The third kappa shape index (κ3) is 3.21. The molecule has 1 saturated heterocycles. The molecule has 0 radical (unpaired) electrons. The van der Waals surface area contributed by atoms with E-state index in [9.17, 15) is 4.79 Å². The van der Waals surface area contributed by atoms with Gasteiger partial charge < -0.3 is 10.2 Å². The zero-order valence-corrected chi connectivity index (χ0v) is 9.93. The van der Waals surface area contributed by atoms with E-state index in [4.69, 9.17) is 17.5 Å². The first kappa shape index (κ1) is 12.5. The molecule has 0 spiro atoms. The summed E-state index contributed by atoms with van der Waals surface area (Å²) in [6.45, 7) is 0.984. The average Bonchev–Trinajstić information content (AvgIpc) is 2.64. The van der Waals surface area contributed by atoms with E-state index in [-0.39, 0.29) is 12.3 Å². The summed E-state index contributed by atoms with van der Waals surface area (Å²) in [6.07, 6.45) is 3.78. The third-order valence-electron chi connectivity index (χ3n) is 2.48. The molecule has 1 amide bonds. The van der Waals surface area contributed by atoms with Gasteiger partial charge in [0, 0.05) is 25.0 Å². The summed E-state index contributed by atoms with van der Waals surface area (Å²) >= 11 is 4.73. The Morgan fingerprint density at radius 3 is 3.00 bits per heavy atom. The maximum atomic E-state index is 11.3. The molecular weight excluding hydrogens is 224 g/mol. The lowest BCUT2D eigenvalue weighted by Crippen LogP contribution is -2.25. The van der Waals surface area contributed by atoms with Gasteiger partial charge in [0.25, 0.3) is 0 Å². The Kier molecular flexibility index (Phi) is 4.73. The van der Waals surface area contributed by atoms with Crippen molar-refractivity contribution in [1.29, 1.82) is 5.26 Å². The molecule has 0 aromatic rings. The number of nitrogens with zero attached hydrogens (tertiary/aromatic N) is 2. The molecule has 86 valence electrons. The number of carbonyl (C=O) groups is 1. The lowest BCUT2D eigenvalue weighted by molar-refractivity contribution is -0.119. The van der Waals surface area contributed by atoms with Crippen LogP contribution in [0, 0.1) is 11.5 Å². The van der Waals surface area contributed by atoms with E-state index >= 15 is 0 Å². The van der Waals surface area contributed by atoms with Crippen LogP contribution in [0.15, 0.2) is 11.4 Å². The van der Waals surface area contributed by atoms with Crippen molar-refractivity contribution in [3.8, 4) is 6.19 Å². The first-order valence-electron chi connectivity index (χ1n) is 5.00. The third-order valence-corrected chi connectivity index (χ3v) is 2.60. The van der Waals surface area contributed by atoms with Crippen LogP contribution in [0.2, 0.25) is 0 Å². The van der Waals surface area contributed by atoms with Crippen LogP contribution in [0.4, 0.5) is 0 Å². The van der Waals surface area contributed by atoms with E-state index in [1.165, 1.54) is 5.49 Å². The van der Waals surface area contributed by atoms with Gasteiger partial charge in [0.1, 0.15) is 0 Å². The molecular formula is C10H14N4OS. The lowest BCUT2D eigenvalue weighted by atomic mass is 10.2. The number of rotatable bonds is 4. The smallest absolute Gasteiger partial charge is 0.238 e. The predicted molar refractivity (Wildman–Crippen MR) is 64.1 cm³/mol. The quantitative estimate of drug-likeness (QED) is 0.423. The van der Waals surface area contributed by atoms with Gasteiger partial charge in [-0.15, -0.1) is 0 Å². The Morgan fingerprint density at radius 1 is 1.75 bits per heavy atom. The summed E-state index contributed by atoms with van der Waals surface area (Å²) in [7, 11) is 1.98. The molecule has 0 aliphatic carbocycles. The van der Waals surface area contributed by atoms with Crippen molar-refractivity contribution < 1.29 is 4.79 Å². The number of allylic oxidation sites excluding steroid dienone is 1. The topological polar surface area (TPSA) is 68.2 Å². The number of carbonyl (C=O) groups excluding carboxylic acids is 1. The van der Waals surface area contributed by atoms with E-state index in [0.29, 0.717) is 0 Å². The van der Waals surface area contributed by atoms with Gasteiger partial charge in [-0.25, -0.2) is 0 Å². The first-order chi connectivity index (χ1) is 7.69. The largest absolute Gasteiger partial charge is 0.376 e. The van der Waals surface area contributed by atoms with Gasteiger partial charge in [-0.05, 0) is 12.8 Å². The van der Waals surface area contributed by atoms with Gasteiger partial charge in [-0.1, -0.05) is 12.2 Å². The van der Waals surface area contributed by atoms with Gasteiger partial charge in [0.15, 0.2) is 6.19 Å².